The van der Waals surface area contributed by atoms with Gasteiger partial charge in [-0.1, -0.05) is 36.4 Å². The van der Waals surface area contributed by atoms with Gasteiger partial charge in [-0.25, -0.2) is 4.79 Å². The van der Waals surface area contributed by atoms with Crippen LogP contribution < -0.4 is 5.32 Å². The van der Waals surface area contributed by atoms with Crippen molar-refractivity contribution in [2.75, 3.05) is 12.4 Å². The number of benzene rings is 1. The number of fused-ring (bicyclic) bond motifs is 1. The predicted molar refractivity (Wildman–Crippen MR) is 123 cm³/mol. The quantitative estimate of drug-likeness (QED) is 0.451. The number of thioether (sulfide) groups is 1. The molecule has 33 heavy (non-hydrogen) atoms. The number of carbonyl (C=O) groups is 4. The van der Waals surface area contributed by atoms with E-state index in [9.17, 15) is 19.2 Å². The average Bonchev–Trinajstić information content (AvgIpc) is 3.32. The summed E-state index contributed by atoms with van der Waals surface area (Å²) in [5.41, 5.74) is 1.40. The van der Waals surface area contributed by atoms with Gasteiger partial charge in [-0.15, -0.1) is 23.1 Å². The van der Waals surface area contributed by atoms with Crippen molar-refractivity contribution in [2.45, 2.75) is 31.4 Å². The van der Waals surface area contributed by atoms with Crippen molar-refractivity contribution < 1.29 is 28.7 Å². The summed E-state index contributed by atoms with van der Waals surface area (Å²) in [7, 11) is 0. The van der Waals surface area contributed by atoms with E-state index in [1.807, 2.05) is 47.8 Å². The van der Waals surface area contributed by atoms with Crippen LogP contribution in [-0.2, 0) is 41.7 Å². The molecule has 0 aliphatic carbocycles. The monoisotopic (exact) mass is 486 g/mol. The standard InChI is InChI=1S/C23H22N2O6S2/c1-14(26)30-12-16-13-33-22-19(24-18(27)10-17-8-5-9-32-17)21(28)25(22)20(16)23(29)31-11-15-6-3-2-4-7-15/h2-9,19,22H,10-13H2,1H3,(H,24,27)/t19?,22-/m0/s1. The predicted octanol–water partition coefficient (Wildman–Crippen LogP) is 2.25. The summed E-state index contributed by atoms with van der Waals surface area (Å²) in [5, 5.41) is 4.24. The van der Waals surface area contributed by atoms with Gasteiger partial charge < -0.3 is 14.8 Å². The van der Waals surface area contributed by atoms with Crippen LogP contribution in [0.1, 0.15) is 17.4 Å². The largest absolute Gasteiger partial charge is 0.461 e. The lowest BCUT2D eigenvalue weighted by Gasteiger charge is -2.49. The number of β-lactam (4-membered cyclic amide) rings is 1. The van der Waals surface area contributed by atoms with E-state index < -0.39 is 29.3 Å². The number of amides is 2. The summed E-state index contributed by atoms with van der Waals surface area (Å²) < 4.78 is 10.6. The van der Waals surface area contributed by atoms with Crippen LogP contribution in [0.4, 0.5) is 0 Å². The number of rotatable bonds is 8. The van der Waals surface area contributed by atoms with E-state index in [0.29, 0.717) is 11.3 Å². The smallest absolute Gasteiger partial charge is 0.355 e. The highest BCUT2D eigenvalue weighted by Gasteiger charge is 2.54. The summed E-state index contributed by atoms with van der Waals surface area (Å²) in [6.45, 7) is 1.22. The van der Waals surface area contributed by atoms with Crippen LogP contribution in [-0.4, -0.2) is 52.4 Å². The second-order valence-electron chi connectivity index (χ2n) is 7.51. The van der Waals surface area contributed by atoms with Gasteiger partial charge in [0.2, 0.25) is 5.91 Å². The Morgan fingerprint density at radius 3 is 2.58 bits per heavy atom. The summed E-state index contributed by atoms with van der Waals surface area (Å²) in [4.78, 5) is 51.9. The van der Waals surface area contributed by atoms with Gasteiger partial charge in [0, 0.05) is 23.1 Å². The highest BCUT2D eigenvalue weighted by molar-refractivity contribution is 8.00. The Bertz CT molecular complexity index is 1080. The van der Waals surface area contributed by atoms with E-state index in [4.69, 9.17) is 9.47 Å². The Hall–Kier alpha value is -3.11. The zero-order chi connectivity index (χ0) is 23.4. The molecule has 0 radical (unpaired) electrons. The lowest BCUT2D eigenvalue weighted by Crippen LogP contribution is -2.70. The Balaban J connectivity index is 1.47. The summed E-state index contributed by atoms with van der Waals surface area (Å²) >= 11 is 2.88. The molecule has 10 heteroatoms. The van der Waals surface area contributed by atoms with E-state index in [1.54, 1.807) is 0 Å². The topological polar surface area (TPSA) is 102 Å². The number of ether oxygens (including phenoxy) is 2. The molecule has 0 spiro atoms. The number of nitrogens with one attached hydrogen (secondary N) is 1. The van der Waals surface area contributed by atoms with Gasteiger partial charge in [-0.3, -0.25) is 19.3 Å². The van der Waals surface area contributed by atoms with Gasteiger partial charge in [0.05, 0.1) is 6.42 Å². The number of thiophene rings is 1. The molecule has 0 saturated carbocycles. The van der Waals surface area contributed by atoms with Crippen LogP contribution >= 0.6 is 23.1 Å². The third-order valence-corrected chi connectivity index (χ3v) is 7.35. The van der Waals surface area contributed by atoms with Gasteiger partial charge >= 0.3 is 11.9 Å². The first-order chi connectivity index (χ1) is 15.9. The summed E-state index contributed by atoms with van der Waals surface area (Å²) in [6.07, 6.45) is 0.193. The average molecular weight is 487 g/mol. The first-order valence-electron chi connectivity index (χ1n) is 10.3. The first-order valence-corrected chi connectivity index (χ1v) is 12.2. The fourth-order valence-electron chi connectivity index (χ4n) is 3.56. The van der Waals surface area contributed by atoms with Crippen LogP contribution in [0.15, 0.2) is 59.1 Å². The third-order valence-electron chi connectivity index (χ3n) is 5.13. The summed E-state index contributed by atoms with van der Waals surface area (Å²) in [6, 6.07) is 12.2. The highest BCUT2D eigenvalue weighted by Crippen LogP contribution is 2.40. The van der Waals surface area contributed by atoms with Gasteiger partial charge in [-0.05, 0) is 17.0 Å². The molecule has 1 unspecified atom stereocenters. The molecule has 2 aromatic rings. The number of esters is 2. The maximum absolute atomic E-state index is 13.0. The number of hydrogen-bond acceptors (Lipinski definition) is 8. The van der Waals surface area contributed by atoms with Crippen molar-refractivity contribution in [2.24, 2.45) is 0 Å². The molecule has 2 aliphatic heterocycles. The van der Waals surface area contributed by atoms with Gasteiger partial charge in [0.25, 0.3) is 5.91 Å². The first kappa shape index (κ1) is 23.1. The Labute approximate surface area is 198 Å². The van der Waals surface area contributed by atoms with E-state index in [2.05, 4.69) is 5.32 Å². The maximum Gasteiger partial charge on any atom is 0.355 e. The van der Waals surface area contributed by atoms with Crippen molar-refractivity contribution in [3.05, 3.63) is 69.6 Å². The van der Waals surface area contributed by atoms with Crippen molar-refractivity contribution in [3.8, 4) is 0 Å². The number of nitrogens with zero attached hydrogens (tertiary/aromatic N) is 1. The molecule has 1 N–H and O–H groups in total. The molecule has 1 fully saturated rings. The Kier molecular flexibility index (Phi) is 7.14. The second kappa shape index (κ2) is 10.2. The van der Waals surface area contributed by atoms with Gasteiger partial charge in [-0.2, -0.15) is 0 Å². The molecule has 2 amide bonds. The van der Waals surface area contributed by atoms with Gasteiger partial charge in [0.15, 0.2) is 0 Å². The van der Waals surface area contributed by atoms with E-state index in [0.717, 1.165) is 10.4 Å². The lowest BCUT2D eigenvalue weighted by atomic mass is 10.0. The summed E-state index contributed by atoms with van der Waals surface area (Å²) in [5.74, 6) is -1.42. The lowest BCUT2D eigenvalue weighted by molar-refractivity contribution is -0.153. The highest BCUT2D eigenvalue weighted by atomic mass is 32.2. The molecule has 172 valence electrons. The molecule has 1 aromatic heterocycles. The van der Waals surface area contributed by atoms with Gasteiger partial charge in [0.1, 0.15) is 30.3 Å². The van der Waals surface area contributed by atoms with Crippen LogP contribution in [0.3, 0.4) is 0 Å². The molecule has 8 nitrogen and oxygen atoms in total. The normalized spacial score (nSPS) is 19.4. The third kappa shape index (κ3) is 5.28. The molecule has 2 atom stereocenters. The number of carbonyl (C=O) groups excluding carboxylic acids is 4. The Morgan fingerprint density at radius 2 is 1.88 bits per heavy atom. The molecule has 1 saturated heterocycles. The molecule has 1 aromatic carbocycles. The minimum atomic E-state index is -0.727. The fourth-order valence-corrected chi connectivity index (χ4v) is 5.59. The SMILES string of the molecule is CC(=O)OCC1=C(C(=O)OCc2ccccc2)N2C(=O)C(NC(=O)Cc3cccs3)[C@@H]2SC1. The Morgan fingerprint density at radius 1 is 1.09 bits per heavy atom. The molecule has 4 rings (SSSR count). The molecule has 0 bridgehead atoms. The zero-order valence-electron chi connectivity index (χ0n) is 17.8. The van der Waals surface area contributed by atoms with Crippen molar-refractivity contribution in [1.29, 1.82) is 0 Å². The van der Waals surface area contributed by atoms with Crippen molar-refractivity contribution >= 4 is 46.9 Å². The molecule has 3 heterocycles. The van der Waals surface area contributed by atoms with Crippen molar-refractivity contribution in [1.82, 2.24) is 10.2 Å². The van der Waals surface area contributed by atoms with Crippen LogP contribution in [0.5, 0.6) is 0 Å². The fraction of sp³-hybridized carbons (Fsp3) is 0.304. The number of hydrogen-bond donors (Lipinski definition) is 1. The van der Waals surface area contributed by atoms with Crippen LogP contribution in [0.25, 0.3) is 0 Å². The second-order valence-corrected chi connectivity index (χ2v) is 9.64. The van der Waals surface area contributed by atoms with E-state index >= 15 is 0 Å². The van der Waals surface area contributed by atoms with Crippen LogP contribution in [0.2, 0.25) is 0 Å². The van der Waals surface area contributed by atoms with Crippen LogP contribution in [0, 0.1) is 0 Å². The zero-order valence-corrected chi connectivity index (χ0v) is 19.4. The molecule has 2 aliphatic rings. The minimum absolute atomic E-state index is 0.0465. The molecular weight excluding hydrogens is 464 g/mol. The van der Waals surface area contributed by atoms with Crippen molar-refractivity contribution in [3.63, 3.8) is 0 Å². The molecular formula is C23H22N2O6S2. The van der Waals surface area contributed by atoms with E-state index in [-0.39, 0.29) is 31.2 Å². The minimum Gasteiger partial charge on any atom is -0.461 e. The maximum atomic E-state index is 13.0. The van der Waals surface area contributed by atoms with E-state index in [1.165, 1.54) is 34.9 Å².